The van der Waals surface area contributed by atoms with Gasteiger partial charge in [0.05, 0.1) is 4.92 Å². The van der Waals surface area contributed by atoms with Crippen LogP contribution in [0.2, 0.25) is 0 Å². The number of nitro benzene ring substituents is 1. The lowest BCUT2D eigenvalue weighted by molar-refractivity contribution is -0.385. The first-order valence-electron chi connectivity index (χ1n) is 6.26. The van der Waals surface area contributed by atoms with Crippen molar-refractivity contribution in [3.63, 3.8) is 0 Å². The molecule has 0 heterocycles. The van der Waals surface area contributed by atoms with E-state index in [-0.39, 0.29) is 17.5 Å². The third kappa shape index (κ3) is 3.13. The van der Waals surface area contributed by atoms with Crippen LogP contribution in [0.3, 0.4) is 0 Å². The summed E-state index contributed by atoms with van der Waals surface area (Å²) in [6, 6.07) is 11.9. The standard InChI is InChI=1S/C15H16N2O3/c1-10-3-8-14(17(18)19)15(9-10)20-13-6-4-12(5-7-13)11(2)16/h3-9,11H,16H2,1-2H3/t11-/m0/s1. The molecule has 0 aliphatic heterocycles. The van der Waals surface area contributed by atoms with Crippen molar-refractivity contribution < 1.29 is 9.66 Å². The van der Waals surface area contributed by atoms with Crippen LogP contribution in [0, 0.1) is 17.0 Å². The molecule has 2 aromatic rings. The zero-order valence-corrected chi connectivity index (χ0v) is 11.4. The average Bonchev–Trinajstić information content (AvgIpc) is 2.39. The fourth-order valence-electron chi connectivity index (χ4n) is 1.82. The van der Waals surface area contributed by atoms with E-state index in [1.807, 2.05) is 26.0 Å². The van der Waals surface area contributed by atoms with Crippen molar-refractivity contribution in [3.05, 3.63) is 63.7 Å². The molecule has 1 atom stereocenters. The van der Waals surface area contributed by atoms with Gasteiger partial charge in [0.1, 0.15) is 5.75 Å². The molecular formula is C15H16N2O3. The van der Waals surface area contributed by atoms with Gasteiger partial charge in [0.15, 0.2) is 0 Å². The first kappa shape index (κ1) is 14.0. The van der Waals surface area contributed by atoms with Crippen LogP contribution in [0.5, 0.6) is 11.5 Å². The van der Waals surface area contributed by atoms with Gasteiger partial charge >= 0.3 is 5.69 Å². The number of aryl methyl sites for hydroxylation is 1. The molecule has 0 amide bonds. The Balaban J connectivity index is 2.29. The molecule has 0 spiro atoms. The number of nitrogens with two attached hydrogens (primary N) is 1. The van der Waals surface area contributed by atoms with Crippen molar-refractivity contribution in [2.45, 2.75) is 19.9 Å². The minimum atomic E-state index is -0.453. The van der Waals surface area contributed by atoms with E-state index in [0.717, 1.165) is 11.1 Å². The van der Waals surface area contributed by atoms with Crippen LogP contribution in [-0.2, 0) is 0 Å². The Morgan fingerprint density at radius 2 is 1.85 bits per heavy atom. The summed E-state index contributed by atoms with van der Waals surface area (Å²) >= 11 is 0. The number of ether oxygens (including phenoxy) is 1. The highest BCUT2D eigenvalue weighted by Crippen LogP contribution is 2.32. The van der Waals surface area contributed by atoms with Crippen LogP contribution in [0.15, 0.2) is 42.5 Å². The van der Waals surface area contributed by atoms with Crippen molar-refractivity contribution in [3.8, 4) is 11.5 Å². The van der Waals surface area contributed by atoms with Gasteiger partial charge < -0.3 is 10.5 Å². The van der Waals surface area contributed by atoms with E-state index in [4.69, 9.17) is 10.5 Å². The molecule has 0 saturated carbocycles. The molecule has 5 nitrogen and oxygen atoms in total. The Hall–Kier alpha value is -2.40. The number of rotatable bonds is 4. The number of nitro groups is 1. The molecular weight excluding hydrogens is 256 g/mol. The van der Waals surface area contributed by atoms with Gasteiger partial charge in [-0.25, -0.2) is 0 Å². The fourth-order valence-corrected chi connectivity index (χ4v) is 1.82. The van der Waals surface area contributed by atoms with E-state index in [1.54, 1.807) is 24.3 Å². The largest absolute Gasteiger partial charge is 0.450 e. The summed E-state index contributed by atoms with van der Waals surface area (Å²) in [5.41, 5.74) is 7.60. The third-order valence-corrected chi connectivity index (χ3v) is 2.95. The van der Waals surface area contributed by atoms with E-state index in [2.05, 4.69) is 0 Å². The smallest absolute Gasteiger partial charge is 0.311 e. The molecule has 0 aliphatic carbocycles. The lowest BCUT2D eigenvalue weighted by atomic mass is 10.1. The molecule has 0 radical (unpaired) electrons. The van der Waals surface area contributed by atoms with Gasteiger partial charge in [-0.1, -0.05) is 18.2 Å². The molecule has 2 N–H and O–H groups in total. The second kappa shape index (κ2) is 5.71. The summed E-state index contributed by atoms with van der Waals surface area (Å²) in [6.07, 6.45) is 0. The highest BCUT2D eigenvalue weighted by atomic mass is 16.6. The maximum absolute atomic E-state index is 11.0. The predicted molar refractivity (Wildman–Crippen MR) is 77.0 cm³/mol. The summed E-state index contributed by atoms with van der Waals surface area (Å²) in [6.45, 7) is 3.75. The Labute approximate surface area is 117 Å². The minimum Gasteiger partial charge on any atom is -0.450 e. The topological polar surface area (TPSA) is 78.4 Å². The van der Waals surface area contributed by atoms with E-state index >= 15 is 0 Å². The van der Waals surface area contributed by atoms with Crippen LogP contribution in [-0.4, -0.2) is 4.92 Å². The van der Waals surface area contributed by atoms with E-state index < -0.39 is 4.92 Å². The van der Waals surface area contributed by atoms with Gasteiger partial charge in [0, 0.05) is 12.1 Å². The molecule has 20 heavy (non-hydrogen) atoms. The van der Waals surface area contributed by atoms with Gasteiger partial charge in [0.2, 0.25) is 5.75 Å². The maximum Gasteiger partial charge on any atom is 0.311 e. The Bertz CT molecular complexity index is 622. The van der Waals surface area contributed by atoms with Gasteiger partial charge in [-0.2, -0.15) is 0 Å². The van der Waals surface area contributed by atoms with Gasteiger partial charge in [-0.15, -0.1) is 0 Å². The van der Waals surface area contributed by atoms with Gasteiger partial charge in [-0.05, 0) is 43.2 Å². The third-order valence-electron chi connectivity index (χ3n) is 2.95. The number of hydrogen-bond donors (Lipinski definition) is 1. The highest BCUT2D eigenvalue weighted by molar-refractivity contribution is 5.50. The molecule has 0 saturated heterocycles. The minimum absolute atomic E-state index is 0.0492. The normalized spacial score (nSPS) is 11.9. The van der Waals surface area contributed by atoms with Crippen LogP contribution in [0.1, 0.15) is 24.1 Å². The van der Waals surface area contributed by atoms with Crippen molar-refractivity contribution in [2.75, 3.05) is 0 Å². The van der Waals surface area contributed by atoms with Gasteiger partial charge in [0.25, 0.3) is 0 Å². The Morgan fingerprint density at radius 3 is 2.40 bits per heavy atom. The van der Waals surface area contributed by atoms with Crippen molar-refractivity contribution in [1.29, 1.82) is 0 Å². The number of benzene rings is 2. The summed E-state index contributed by atoms with van der Waals surface area (Å²) < 4.78 is 5.60. The van der Waals surface area contributed by atoms with Crippen molar-refractivity contribution in [2.24, 2.45) is 5.73 Å². The van der Waals surface area contributed by atoms with Crippen molar-refractivity contribution in [1.82, 2.24) is 0 Å². The second-order valence-electron chi connectivity index (χ2n) is 4.69. The molecule has 0 unspecified atom stereocenters. The summed E-state index contributed by atoms with van der Waals surface area (Å²) in [5, 5.41) is 11.0. The second-order valence-corrected chi connectivity index (χ2v) is 4.69. The van der Waals surface area contributed by atoms with Gasteiger partial charge in [-0.3, -0.25) is 10.1 Å². The lowest BCUT2D eigenvalue weighted by Gasteiger charge is -2.09. The van der Waals surface area contributed by atoms with Crippen LogP contribution in [0.25, 0.3) is 0 Å². The fraction of sp³-hybridized carbons (Fsp3) is 0.200. The summed E-state index contributed by atoms with van der Waals surface area (Å²) in [7, 11) is 0. The van der Waals surface area contributed by atoms with E-state index in [1.165, 1.54) is 6.07 Å². The monoisotopic (exact) mass is 272 g/mol. The lowest BCUT2D eigenvalue weighted by Crippen LogP contribution is -2.04. The van der Waals surface area contributed by atoms with Crippen LogP contribution >= 0.6 is 0 Å². The van der Waals surface area contributed by atoms with E-state index in [9.17, 15) is 10.1 Å². The number of nitrogens with zero attached hydrogens (tertiary/aromatic N) is 1. The summed E-state index contributed by atoms with van der Waals surface area (Å²) in [4.78, 5) is 10.5. The molecule has 0 aromatic heterocycles. The van der Waals surface area contributed by atoms with Crippen molar-refractivity contribution >= 4 is 5.69 Å². The average molecular weight is 272 g/mol. The first-order valence-corrected chi connectivity index (χ1v) is 6.26. The highest BCUT2D eigenvalue weighted by Gasteiger charge is 2.15. The van der Waals surface area contributed by atoms with E-state index in [0.29, 0.717) is 5.75 Å². The Morgan fingerprint density at radius 1 is 1.20 bits per heavy atom. The summed E-state index contributed by atoms with van der Waals surface area (Å²) in [5.74, 6) is 0.784. The Kier molecular flexibility index (Phi) is 4.00. The SMILES string of the molecule is Cc1ccc([N+](=O)[O-])c(Oc2ccc([C@H](C)N)cc2)c1. The first-order chi connectivity index (χ1) is 9.47. The predicted octanol–water partition coefficient (Wildman–Crippen LogP) is 3.72. The van der Waals surface area contributed by atoms with Crippen LogP contribution < -0.4 is 10.5 Å². The zero-order chi connectivity index (χ0) is 14.7. The zero-order valence-electron chi connectivity index (χ0n) is 11.4. The molecule has 0 bridgehead atoms. The molecule has 5 heteroatoms. The molecule has 104 valence electrons. The number of hydrogen-bond acceptors (Lipinski definition) is 4. The maximum atomic E-state index is 11.0. The van der Waals surface area contributed by atoms with Crippen LogP contribution in [0.4, 0.5) is 5.69 Å². The molecule has 0 fully saturated rings. The molecule has 2 aromatic carbocycles. The molecule has 2 rings (SSSR count). The molecule has 0 aliphatic rings. The quantitative estimate of drug-likeness (QED) is 0.679.